The number of carbonyl (C=O) groups excluding carboxylic acids is 1. The van der Waals surface area contributed by atoms with Gasteiger partial charge in [0.1, 0.15) is 5.75 Å². The van der Waals surface area contributed by atoms with Gasteiger partial charge in [0.25, 0.3) is 0 Å². The summed E-state index contributed by atoms with van der Waals surface area (Å²) in [5, 5.41) is 4.19. The number of aryl methyl sites for hydroxylation is 1. The standard InChI is InChI=1S/C15H17N3O3/c1-4-12-16-14-10(20-3)6-5-9(15(14)21-12)13-8(2)7-11(19)17-18-13/h5-6,8H,4,7H2,1-3H3,(H,17,19). The molecule has 110 valence electrons. The Kier molecular flexibility index (Phi) is 3.37. The van der Waals surface area contributed by atoms with Gasteiger partial charge in [0.05, 0.1) is 12.8 Å². The van der Waals surface area contributed by atoms with Crippen LogP contribution in [0.4, 0.5) is 0 Å². The molecular weight excluding hydrogens is 270 g/mol. The average molecular weight is 287 g/mol. The van der Waals surface area contributed by atoms with E-state index in [9.17, 15) is 4.79 Å². The van der Waals surface area contributed by atoms with Crippen LogP contribution in [0, 0.1) is 5.92 Å². The van der Waals surface area contributed by atoms with Crippen LogP contribution in [0.5, 0.6) is 5.75 Å². The smallest absolute Gasteiger partial charge is 0.240 e. The van der Waals surface area contributed by atoms with Crippen molar-refractivity contribution in [2.75, 3.05) is 7.11 Å². The summed E-state index contributed by atoms with van der Waals surface area (Å²) in [6, 6.07) is 3.75. The Morgan fingerprint density at radius 1 is 1.48 bits per heavy atom. The minimum absolute atomic E-state index is 0.0329. The minimum atomic E-state index is -0.0668. The van der Waals surface area contributed by atoms with Crippen LogP contribution in [0.2, 0.25) is 0 Å². The molecule has 0 radical (unpaired) electrons. The molecule has 2 aromatic rings. The van der Waals surface area contributed by atoms with Gasteiger partial charge < -0.3 is 9.15 Å². The number of hydrogen-bond donors (Lipinski definition) is 1. The lowest BCUT2D eigenvalue weighted by molar-refractivity contribution is -0.121. The molecule has 0 bridgehead atoms. The number of hydrazone groups is 1. The summed E-state index contributed by atoms with van der Waals surface area (Å²) < 4.78 is 11.2. The molecule has 6 heteroatoms. The molecule has 1 amide bonds. The Morgan fingerprint density at radius 3 is 2.95 bits per heavy atom. The van der Waals surface area contributed by atoms with Gasteiger partial charge in [-0.15, -0.1) is 0 Å². The minimum Gasteiger partial charge on any atom is -0.494 e. The number of carbonyl (C=O) groups is 1. The predicted octanol–water partition coefficient (Wildman–Crippen LogP) is 2.26. The van der Waals surface area contributed by atoms with Crippen molar-refractivity contribution < 1.29 is 13.9 Å². The zero-order valence-electron chi connectivity index (χ0n) is 12.3. The van der Waals surface area contributed by atoms with Gasteiger partial charge >= 0.3 is 0 Å². The third-order valence-corrected chi connectivity index (χ3v) is 3.61. The van der Waals surface area contributed by atoms with Gasteiger partial charge in [0.15, 0.2) is 17.0 Å². The summed E-state index contributed by atoms with van der Waals surface area (Å²) in [5.74, 6) is 1.29. The van der Waals surface area contributed by atoms with Crippen LogP contribution in [0.25, 0.3) is 11.1 Å². The van der Waals surface area contributed by atoms with Crippen LogP contribution >= 0.6 is 0 Å². The first kappa shape index (κ1) is 13.6. The molecule has 1 unspecified atom stereocenters. The lowest BCUT2D eigenvalue weighted by Crippen LogP contribution is -2.32. The molecule has 1 aromatic heterocycles. The summed E-state index contributed by atoms with van der Waals surface area (Å²) >= 11 is 0. The van der Waals surface area contributed by atoms with Gasteiger partial charge in [-0.2, -0.15) is 5.10 Å². The van der Waals surface area contributed by atoms with Crippen molar-refractivity contribution in [1.29, 1.82) is 0 Å². The van der Waals surface area contributed by atoms with E-state index in [-0.39, 0.29) is 11.8 Å². The molecular formula is C15H17N3O3. The number of benzene rings is 1. The van der Waals surface area contributed by atoms with Crippen molar-refractivity contribution in [1.82, 2.24) is 10.4 Å². The normalized spacial score (nSPS) is 18.5. The van der Waals surface area contributed by atoms with Crippen LogP contribution in [0.1, 0.15) is 31.7 Å². The highest BCUT2D eigenvalue weighted by Gasteiger charge is 2.25. The molecule has 21 heavy (non-hydrogen) atoms. The van der Waals surface area contributed by atoms with E-state index >= 15 is 0 Å². The Morgan fingerprint density at radius 2 is 2.29 bits per heavy atom. The zero-order chi connectivity index (χ0) is 15.0. The number of fused-ring (bicyclic) bond motifs is 1. The summed E-state index contributed by atoms with van der Waals surface area (Å²) in [4.78, 5) is 15.9. The molecule has 1 aliphatic rings. The lowest BCUT2D eigenvalue weighted by Gasteiger charge is -2.19. The van der Waals surface area contributed by atoms with Gasteiger partial charge in [-0.3, -0.25) is 4.79 Å². The second-order valence-electron chi connectivity index (χ2n) is 5.09. The molecule has 1 aliphatic heterocycles. The van der Waals surface area contributed by atoms with Crippen LogP contribution in [-0.4, -0.2) is 23.7 Å². The monoisotopic (exact) mass is 287 g/mol. The Labute approximate surface area is 122 Å². The van der Waals surface area contributed by atoms with E-state index in [1.54, 1.807) is 7.11 Å². The highest BCUT2D eigenvalue weighted by Crippen LogP contribution is 2.31. The van der Waals surface area contributed by atoms with E-state index in [1.807, 2.05) is 26.0 Å². The fourth-order valence-electron chi connectivity index (χ4n) is 2.52. The van der Waals surface area contributed by atoms with Crippen molar-refractivity contribution in [3.63, 3.8) is 0 Å². The van der Waals surface area contributed by atoms with Gasteiger partial charge in [0, 0.05) is 24.3 Å². The maximum Gasteiger partial charge on any atom is 0.240 e. The van der Waals surface area contributed by atoms with E-state index in [2.05, 4.69) is 15.5 Å². The van der Waals surface area contributed by atoms with Crippen LogP contribution in [-0.2, 0) is 11.2 Å². The number of oxazole rings is 1. The number of methoxy groups -OCH3 is 1. The first-order valence-electron chi connectivity index (χ1n) is 6.97. The third kappa shape index (κ3) is 2.26. The molecule has 0 saturated heterocycles. The van der Waals surface area contributed by atoms with Crippen LogP contribution < -0.4 is 10.2 Å². The fraction of sp³-hybridized carbons (Fsp3) is 0.400. The van der Waals surface area contributed by atoms with Crippen molar-refractivity contribution in [2.24, 2.45) is 11.0 Å². The lowest BCUT2D eigenvalue weighted by atomic mass is 9.93. The maximum atomic E-state index is 11.4. The molecule has 1 N–H and O–H groups in total. The summed E-state index contributed by atoms with van der Waals surface area (Å²) in [6.45, 7) is 3.96. The van der Waals surface area contributed by atoms with E-state index in [1.165, 1.54) is 0 Å². The van der Waals surface area contributed by atoms with Crippen molar-refractivity contribution >= 4 is 22.7 Å². The molecule has 1 atom stereocenters. The van der Waals surface area contributed by atoms with Gasteiger partial charge in [-0.1, -0.05) is 13.8 Å². The first-order valence-corrected chi connectivity index (χ1v) is 6.97. The van der Waals surface area contributed by atoms with Crippen molar-refractivity contribution in [3.8, 4) is 5.75 Å². The molecule has 0 saturated carbocycles. The Balaban J connectivity index is 2.19. The molecule has 0 aliphatic carbocycles. The number of rotatable bonds is 3. The predicted molar refractivity (Wildman–Crippen MR) is 78.4 cm³/mol. The summed E-state index contributed by atoms with van der Waals surface area (Å²) in [5.41, 5.74) is 5.54. The molecule has 0 fully saturated rings. The largest absolute Gasteiger partial charge is 0.494 e. The van der Waals surface area contributed by atoms with Crippen LogP contribution in [0.3, 0.4) is 0 Å². The topological polar surface area (TPSA) is 76.7 Å². The number of nitrogens with one attached hydrogen (secondary N) is 1. The van der Waals surface area contributed by atoms with Crippen molar-refractivity contribution in [3.05, 3.63) is 23.6 Å². The first-order chi connectivity index (χ1) is 10.1. The maximum absolute atomic E-state index is 11.4. The van der Waals surface area contributed by atoms with E-state index in [4.69, 9.17) is 9.15 Å². The SMILES string of the molecule is CCc1nc2c(OC)ccc(C3=NNC(=O)CC3C)c2o1. The number of ether oxygens (including phenoxy) is 1. The Bertz CT molecular complexity index is 733. The summed E-state index contributed by atoms with van der Waals surface area (Å²) in [7, 11) is 1.61. The molecule has 3 rings (SSSR count). The van der Waals surface area contributed by atoms with E-state index < -0.39 is 0 Å². The van der Waals surface area contributed by atoms with Crippen molar-refractivity contribution in [2.45, 2.75) is 26.7 Å². The summed E-state index contributed by atoms with van der Waals surface area (Å²) in [6.07, 6.45) is 1.12. The fourth-order valence-corrected chi connectivity index (χ4v) is 2.52. The number of hydrogen-bond acceptors (Lipinski definition) is 5. The average Bonchev–Trinajstić information content (AvgIpc) is 2.91. The third-order valence-electron chi connectivity index (χ3n) is 3.61. The zero-order valence-corrected chi connectivity index (χ0v) is 12.3. The Hall–Kier alpha value is -2.37. The highest BCUT2D eigenvalue weighted by atomic mass is 16.5. The van der Waals surface area contributed by atoms with E-state index in [0.29, 0.717) is 35.6 Å². The number of aromatic nitrogens is 1. The highest BCUT2D eigenvalue weighted by molar-refractivity contribution is 6.12. The second kappa shape index (κ2) is 5.20. The number of amides is 1. The molecule has 0 spiro atoms. The number of nitrogens with zero attached hydrogens (tertiary/aromatic N) is 2. The van der Waals surface area contributed by atoms with Gasteiger partial charge in [-0.25, -0.2) is 10.4 Å². The van der Waals surface area contributed by atoms with Gasteiger partial charge in [0.2, 0.25) is 5.91 Å². The van der Waals surface area contributed by atoms with Crippen LogP contribution in [0.15, 0.2) is 21.7 Å². The van der Waals surface area contributed by atoms with E-state index in [0.717, 1.165) is 11.3 Å². The van der Waals surface area contributed by atoms with Gasteiger partial charge in [-0.05, 0) is 12.1 Å². The molecule has 6 nitrogen and oxygen atoms in total. The second-order valence-corrected chi connectivity index (χ2v) is 5.09. The molecule has 1 aromatic carbocycles. The quantitative estimate of drug-likeness (QED) is 0.939. The molecule has 2 heterocycles.